The van der Waals surface area contributed by atoms with E-state index in [9.17, 15) is 9.90 Å². The van der Waals surface area contributed by atoms with Crippen LogP contribution in [0.3, 0.4) is 0 Å². The Balaban J connectivity index is 3.66. The van der Waals surface area contributed by atoms with Crippen LogP contribution in [0.1, 0.15) is 70.0 Å². The van der Waals surface area contributed by atoms with Gasteiger partial charge in [-0.25, -0.2) is 0 Å². The zero-order valence-electron chi connectivity index (χ0n) is 13.5. The second kappa shape index (κ2) is 5.32. The summed E-state index contributed by atoms with van der Waals surface area (Å²) in [5, 5.41) is 10.5. The van der Waals surface area contributed by atoms with Crippen LogP contribution < -0.4 is 0 Å². The Hall–Kier alpha value is -1.75. The van der Waals surface area contributed by atoms with Gasteiger partial charge in [0.05, 0.1) is 0 Å². The lowest BCUT2D eigenvalue weighted by molar-refractivity contribution is 0.105. The maximum absolute atomic E-state index is 12.1. The fraction of sp³-hybridized carbons (Fsp3) is 0.500. The Morgan fingerprint density at radius 1 is 1.00 bits per heavy atom. The molecule has 0 aromatic heterocycles. The van der Waals surface area contributed by atoms with Gasteiger partial charge >= 0.3 is 0 Å². The van der Waals surface area contributed by atoms with Gasteiger partial charge in [-0.2, -0.15) is 0 Å². The van der Waals surface area contributed by atoms with Gasteiger partial charge in [-0.1, -0.05) is 47.5 Å². The number of hydrogen-bond acceptors (Lipinski definition) is 2. The molecular weight excluding hydrogens is 248 g/mol. The van der Waals surface area contributed by atoms with Crippen molar-refractivity contribution in [2.45, 2.75) is 59.3 Å². The van der Waals surface area contributed by atoms with E-state index in [4.69, 9.17) is 0 Å². The molecule has 1 aromatic rings. The summed E-state index contributed by atoms with van der Waals surface area (Å²) in [4.78, 5) is 12.1. The molecule has 0 radical (unpaired) electrons. The predicted octanol–water partition coefficient (Wildman–Crippen LogP) is 4.19. The molecule has 20 heavy (non-hydrogen) atoms. The lowest BCUT2D eigenvalue weighted by Crippen LogP contribution is -2.18. The third kappa shape index (κ3) is 3.42. The highest BCUT2D eigenvalue weighted by Gasteiger charge is 2.27. The topological polar surface area (TPSA) is 37.3 Å². The summed E-state index contributed by atoms with van der Waals surface area (Å²) in [5.41, 5.74) is 1.64. The molecule has 0 heterocycles. The Morgan fingerprint density at radius 2 is 1.40 bits per heavy atom. The van der Waals surface area contributed by atoms with Crippen molar-refractivity contribution in [3.05, 3.63) is 28.8 Å². The van der Waals surface area contributed by atoms with Crippen molar-refractivity contribution >= 4 is 5.78 Å². The Labute approximate surface area is 122 Å². The largest absolute Gasteiger partial charge is 0.507 e. The number of aromatic hydroxyl groups is 1. The third-order valence-electron chi connectivity index (χ3n) is 3.23. The molecule has 0 atom stereocenters. The lowest BCUT2D eigenvalue weighted by Gasteiger charge is -2.27. The zero-order chi connectivity index (χ0) is 15.7. The van der Waals surface area contributed by atoms with Crippen LogP contribution in [-0.4, -0.2) is 10.9 Å². The van der Waals surface area contributed by atoms with Gasteiger partial charge in [0.2, 0.25) is 5.78 Å². The van der Waals surface area contributed by atoms with Crippen molar-refractivity contribution in [1.82, 2.24) is 0 Å². The standard InChI is InChI=1S/C18H24O2/c1-8-9-15(19)12-10-13(17(2,3)4)16(20)14(11-12)18(5,6)7/h10-11,20H,1-7H3. The molecule has 0 spiro atoms. The van der Waals surface area contributed by atoms with Gasteiger partial charge in [0, 0.05) is 16.7 Å². The Morgan fingerprint density at radius 3 is 1.70 bits per heavy atom. The predicted molar refractivity (Wildman–Crippen MR) is 83.3 cm³/mol. The maximum atomic E-state index is 12.1. The van der Waals surface area contributed by atoms with Crippen molar-refractivity contribution in [1.29, 1.82) is 0 Å². The van der Waals surface area contributed by atoms with Crippen LogP contribution in [0.2, 0.25) is 0 Å². The van der Waals surface area contributed by atoms with Gasteiger partial charge < -0.3 is 5.11 Å². The van der Waals surface area contributed by atoms with E-state index in [0.717, 1.165) is 11.1 Å². The van der Waals surface area contributed by atoms with Crippen LogP contribution in [0.4, 0.5) is 0 Å². The molecule has 0 aliphatic rings. The molecule has 108 valence electrons. The van der Waals surface area contributed by atoms with E-state index < -0.39 is 0 Å². The molecule has 2 nitrogen and oxygen atoms in total. The molecule has 0 bridgehead atoms. The maximum Gasteiger partial charge on any atom is 0.235 e. The van der Waals surface area contributed by atoms with Crippen LogP contribution in [-0.2, 0) is 10.8 Å². The van der Waals surface area contributed by atoms with Gasteiger partial charge in [-0.3, -0.25) is 4.79 Å². The van der Waals surface area contributed by atoms with Crippen LogP contribution >= 0.6 is 0 Å². The number of phenolic OH excluding ortho intramolecular Hbond substituents is 1. The van der Waals surface area contributed by atoms with Gasteiger partial charge in [0.15, 0.2) is 0 Å². The first-order chi connectivity index (χ1) is 8.98. The minimum Gasteiger partial charge on any atom is -0.507 e. The summed E-state index contributed by atoms with van der Waals surface area (Å²) in [6, 6.07) is 3.52. The molecule has 0 aliphatic heterocycles. The second-order valence-electron chi connectivity index (χ2n) is 7.12. The molecule has 0 unspecified atom stereocenters. The van der Waals surface area contributed by atoms with Gasteiger partial charge in [0.1, 0.15) is 5.75 Å². The first-order valence-corrected chi connectivity index (χ1v) is 6.83. The molecule has 0 saturated carbocycles. The van der Waals surface area contributed by atoms with E-state index in [1.807, 2.05) is 41.5 Å². The number of carbonyl (C=O) groups excluding carboxylic acids is 1. The second-order valence-corrected chi connectivity index (χ2v) is 7.12. The number of Topliss-reactive ketones (excluding diaryl/α,β-unsaturated/α-hetero) is 1. The summed E-state index contributed by atoms with van der Waals surface area (Å²) in [6.45, 7) is 13.8. The van der Waals surface area contributed by atoms with E-state index in [-0.39, 0.29) is 22.4 Å². The van der Waals surface area contributed by atoms with Gasteiger partial charge in [-0.15, -0.1) is 0 Å². The van der Waals surface area contributed by atoms with Gasteiger partial charge in [0.25, 0.3) is 0 Å². The van der Waals surface area contributed by atoms with E-state index in [1.165, 1.54) is 0 Å². The molecule has 1 rings (SSSR count). The summed E-state index contributed by atoms with van der Waals surface area (Å²) >= 11 is 0. The van der Waals surface area contributed by atoms with Crippen molar-refractivity contribution < 1.29 is 9.90 Å². The summed E-state index contributed by atoms with van der Waals surface area (Å²) in [5.74, 6) is 5.28. The van der Waals surface area contributed by atoms with E-state index in [2.05, 4.69) is 11.8 Å². The average Bonchev–Trinajstić information content (AvgIpc) is 2.26. The van der Waals surface area contributed by atoms with E-state index in [0.29, 0.717) is 5.56 Å². The minimum absolute atomic E-state index is 0.205. The smallest absolute Gasteiger partial charge is 0.235 e. The molecule has 2 heteroatoms. The van der Waals surface area contributed by atoms with Crippen LogP contribution in [0.5, 0.6) is 5.75 Å². The number of hydrogen-bond donors (Lipinski definition) is 1. The number of benzene rings is 1. The fourth-order valence-electron chi connectivity index (χ4n) is 2.09. The molecule has 0 aliphatic carbocycles. The number of phenols is 1. The van der Waals surface area contributed by atoms with E-state index in [1.54, 1.807) is 19.1 Å². The molecule has 0 amide bonds. The number of carbonyl (C=O) groups is 1. The average molecular weight is 272 g/mol. The first kappa shape index (κ1) is 16.3. The first-order valence-electron chi connectivity index (χ1n) is 6.83. The SMILES string of the molecule is CC#CC(=O)c1cc(C(C)(C)C)c(O)c(C(C)(C)C)c1. The monoisotopic (exact) mass is 272 g/mol. The minimum atomic E-state index is -0.236. The molecule has 0 fully saturated rings. The van der Waals surface area contributed by atoms with Crippen molar-refractivity contribution in [2.75, 3.05) is 0 Å². The highest BCUT2D eigenvalue weighted by molar-refractivity contribution is 6.09. The molecule has 1 aromatic carbocycles. The normalized spacial score (nSPS) is 11.8. The fourth-order valence-corrected chi connectivity index (χ4v) is 2.09. The highest BCUT2D eigenvalue weighted by Crippen LogP contribution is 2.39. The van der Waals surface area contributed by atoms with Crippen LogP contribution in [0.15, 0.2) is 12.1 Å². The van der Waals surface area contributed by atoms with Crippen LogP contribution in [0, 0.1) is 11.8 Å². The van der Waals surface area contributed by atoms with Crippen molar-refractivity contribution in [2.24, 2.45) is 0 Å². The molecule has 1 N–H and O–H groups in total. The number of rotatable bonds is 1. The van der Waals surface area contributed by atoms with Crippen molar-refractivity contribution in [3.63, 3.8) is 0 Å². The number of ketones is 1. The van der Waals surface area contributed by atoms with Gasteiger partial charge in [-0.05, 0) is 35.8 Å². The molecular formula is C18H24O2. The van der Waals surface area contributed by atoms with Crippen LogP contribution in [0.25, 0.3) is 0 Å². The zero-order valence-corrected chi connectivity index (χ0v) is 13.5. The summed E-state index contributed by atoms with van der Waals surface area (Å²) in [6.07, 6.45) is 0. The quantitative estimate of drug-likeness (QED) is 0.473. The lowest BCUT2D eigenvalue weighted by atomic mass is 9.78. The molecule has 0 saturated heterocycles. The highest BCUT2D eigenvalue weighted by atomic mass is 16.3. The van der Waals surface area contributed by atoms with Crippen molar-refractivity contribution in [3.8, 4) is 17.6 Å². The summed E-state index contributed by atoms with van der Waals surface area (Å²) in [7, 11) is 0. The third-order valence-corrected chi connectivity index (χ3v) is 3.23. The Kier molecular flexibility index (Phi) is 4.34. The van der Waals surface area contributed by atoms with E-state index >= 15 is 0 Å². The summed E-state index contributed by atoms with van der Waals surface area (Å²) < 4.78 is 0. The Bertz CT molecular complexity index is 550.